The number of unbranched alkanes of at least 4 members (excludes halogenated alkanes) is 3. The van der Waals surface area contributed by atoms with Crippen LogP contribution in [0.2, 0.25) is 0 Å². The molecule has 58 heteroatoms. The fourth-order valence-electron chi connectivity index (χ4n) is 14.7. The van der Waals surface area contributed by atoms with Crippen LogP contribution < -0.4 is 153 Å². The molecule has 0 bridgehead atoms. The number of rotatable bonds is 76. The van der Waals surface area contributed by atoms with Crippen molar-refractivity contribution in [3.8, 4) is 0 Å². The number of carboxylic acid groups (broad SMARTS) is 3. The van der Waals surface area contributed by atoms with Gasteiger partial charge in [0.2, 0.25) is 118 Å². The minimum absolute atomic E-state index is 0.0227. The summed E-state index contributed by atoms with van der Waals surface area (Å²) in [6.07, 6.45) is -2.96. The van der Waals surface area contributed by atoms with Crippen molar-refractivity contribution in [2.24, 2.45) is 69.4 Å². The molecule has 58 nitrogen and oxygen atoms in total. The molecule has 0 aliphatic carbocycles. The van der Waals surface area contributed by atoms with E-state index in [2.05, 4.69) is 111 Å². The zero-order valence-electron chi connectivity index (χ0n) is 85.7. The first-order chi connectivity index (χ1) is 70.6. The van der Waals surface area contributed by atoms with Gasteiger partial charge in [-0.15, -0.1) is 0 Å². The van der Waals surface area contributed by atoms with Crippen molar-refractivity contribution < 1.29 is 126 Å². The normalized spacial score (nSPS) is 14.5. The highest BCUT2D eigenvalue weighted by molar-refractivity contribution is 6.03. The number of carbonyl (C=O) groups is 23. The Bertz CT molecular complexity index is 4860. The Labute approximate surface area is 866 Å². The molecular formula is C92H154N32O26. The summed E-state index contributed by atoms with van der Waals surface area (Å²) < 4.78 is 0. The SMILES string of the molecule is CC(C)C[C@H](NC(=O)[C@H](C)NC(=O)CNC(=O)[C@H](CCCCN)NC(=O)[C@H](CCCNC(=N)N)NC(=O)[C@H](C)NC(=O)[C@H](Cc1ccccc1)NC(=O)[C@@H](N)CCCNC(=N)N)C(=O)N[C@@H](CCC(=O)O)C(=O)N[C@@H](CCC(N)=O)C(=O)N[C@@H](CCCCN)C(=O)N[C@@H](CC(N)=O)C(=O)N[C@H](C(=O)N[C@@H](Cc1c[nH]cn1)C(=O)N[C@@H](CCC(=O)O)C(=O)N[C@H](C(=O)N[C@@H](CCCCN)C(=O)N[C@@H](CC(N)=O)C(=O)O)C(C)C)C(C)C. The van der Waals surface area contributed by atoms with E-state index in [1.807, 2.05) is 0 Å². The van der Waals surface area contributed by atoms with Crippen molar-refractivity contribution in [3.63, 3.8) is 0 Å². The van der Waals surface area contributed by atoms with E-state index < -0.39 is 327 Å². The molecule has 17 atom stereocenters. The summed E-state index contributed by atoms with van der Waals surface area (Å²) in [5.41, 5.74) is 51.3. The van der Waals surface area contributed by atoms with Crippen LogP contribution in [0.5, 0.6) is 0 Å². The summed E-state index contributed by atoms with van der Waals surface area (Å²) in [5.74, 6) is -28.6. The maximum atomic E-state index is 14.6. The predicted octanol–water partition coefficient (Wildman–Crippen LogP) is -10.5. The summed E-state index contributed by atoms with van der Waals surface area (Å²) in [6, 6.07) is -18.7. The number of H-pyrrole nitrogens is 1. The number of hydrogen-bond donors (Lipinski definition) is 34. The average Bonchev–Trinajstić information content (AvgIpc) is 1.45. The topological polar surface area (TPSA) is 992 Å². The van der Waals surface area contributed by atoms with Crippen molar-refractivity contribution in [3.05, 3.63) is 54.1 Å². The van der Waals surface area contributed by atoms with Crippen LogP contribution in [0.3, 0.4) is 0 Å². The Kier molecular flexibility index (Phi) is 60.7. The molecule has 0 aliphatic rings. The smallest absolute Gasteiger partial charge is 0.326 e. The van der Waals surface area contributed by atoms with Crippen LogP contribution >= 0.6 is 0 Å². The third-order valence-electron chi connectivity index (χ3n) is 22.9. The number of nitrogens with two attached hydrogens (primary N) is 9. The maximum absolute atomic E-state index is 14.6. The molecule has 1 aromatic heterocycles. The number of aromatic nitrogens is 2. The monoisotopic (exact) mass is 2120 g/mol. The minimum Gasteiger partial charge on any atom is -0.481 e. The number of benzene rings is 1. The second kappa shape index (κ2) is 69.7. The number of hydrogen-bond acceptors (Lipinski definition) is 30. The van der Waals surface area contributed by atoms with Crippen LogP contribution in [0.4, 0.5) is 0 Å². The standard InChI is InChI=1S/C92H154N32O26/c1-46(2)38-61(118-74(133)49(7)109-69(128)44-107-77(136)54(23-12-15-33-93)112-78(137)57(26-19-37-106-92(102)103)111-75(134)50(8)110-84(143)62(39-51-20-10-9-11-21-51)119-76(135)53(96)22-18-36-105-91(100)101)85(144)115-59(28-31-70(129)130)82(141)114-58(27-30-66(97)125)81(140)113-55(24-13-16-34-94)79(138)120-64(41-67(98)126)87(146)124-73(48(5)6)89(148)121-63(40-52-43-104-45-108-52)86(145)116-60(29-32-71(131)132)83(142)123-72(47(3)4)88(147)117-56(25-14-17-35-95)80(139)122-65(90(149)150)42-68(99)127/h9-11,20-21,43,45-50,53-65,72-73H,12-19,22-42,44,93-96H2,1-8H3,(H2,97,125)(H2,98,126)(H2,99,127)(H,104,108)(H,107,136)(H,109,128)(H,110,143)(H,111,134)(H,112,137)(H,113,140)(H,114,141)(H,115,144)(H,116,145)(H,117,147)(H,118,133)(H,119,135)(H,120,138)(H,121,148)(H,122,139)(H,123,142)(H,124,146)(H,129,130)(H,131,132)(H,149,150)(H4,100,101,105)(H4,102,103,106)/t49-,50-,53-,54-,55-,56-,57-,58-,59-,60-,61-,62-,63-,64-,65-,72-,73-/m0/s1. The van der Waals surface area contributed by atoms with Gasteiger partial charge in [0.15, 0.2) is 11.9 Å². The van der Waals surface area contributed by atoms with Gasteiger partial charge in [0, 0.05) is 51.4 Å². The van der Waals surface area contributed by atoms with E-state index in [9.17, 15) is 126 Å². The molecule has 150 heavy (non-hydrogen) atoms. The molecule has 0 unspecified atom stereocenters. The number of nitrogens with zero attached hydrogens (tertiary/aromatic N) is 1. The highest BCUT2D eigenvalue weighted by Gasteiger charge is 2.41. The predicted molar refractivity (Wildman–Crippen MR) is 539 cm³/mol. The number of carboxylic acids is 3. The fraction of sp³-hybridized carbons (Fsp3) is 0.630. The van der Waals surface area contributed by atoms with Gasteiger partial charge < -0.3 is 173 Å². The largest absolute Gasteiger partial charge is 0.481 e. The van der Waals surface area contributed by atoms with E-state index in [1.165, 1.54) is 54.1 Å². The summed E-state index contributed by atoms with van der Waals surface area (Å²) >= 11 is 0. The fourth-order valence-corrected chi connectivity index (χ4v) is 14.7. The first-order valence-electron chi connectivity index (χ1n) is 49.3. The number of guanidine groups is 2. The second-order valence-corrected chi connectivity index (χ2v) is 37.0. The van der Waals surface area contributed by atoms with Crippen molar-refractivity contribution >= 4 is 148 Å². The van der Waals surface area contributed by atoms with Gasteiger partial charge in [-0.25, -0.2) is 9.78 Å². The molecule has 0 saturated heterocycles. The van der Waals surface area contributed by atoms with Gasteiger partial charge in [0.05, 0.1) is 37.4 Å². The first-order valence-corrected chi connectivity index (χ1v) is 49.3. The Morgan fingerprint density at radius 1 is 0.340 bits per heavy atom. The molecule has 1 aromatic carbocycles. The van der Waals surface area contributed by atoms with Crippen LogP contribution in [0.1, 0.15) is 208 Å². The lowest BCUT2D eigenvalue weighted by Gasteiger charge is -2.29. The first kappa shape index (κ1) is 131. The highest BCUT2D eigenvalue weighted by atomic mass is 16.4. The molecule has 43 N–H and O–H groups in total. The van der Waals surface area contributed by atoms with Crippen LogP contribution in [0.15, 0.2) is 42.9 Å². The highest BCUT2D eigenvalue weighted by Crippen LogP contribution is 2.17. The quantitative estimate of drug-likeness (QED) is 0.0166. The molecule has 1 heterocycles. The molecule has 0 fully saturated rings. The van der Waals surface area contributed by atoms with Gasteiger partial charge in [-0.3, -0.25) is 116 Å². The van der Waals surface area contributed by atoms with Crippen molar-refractivity contribution in [1.82, 2.24) is 111 Å². The van der Waals surface area contributed by atoms with Crippen LogP contribution in [0.25, 0.3) is 0 Å². The van der Waals surface area contributed by atoms with E-state index in [0.29, 0.717) is 24.8 Å². The van der Waals surface area contributed by atoms with Crippen LogP contribution in [0, 0.1) is 28.6 Å². The summed E-state index contributed by atoms with van der Waals surface area (Å²) in [6.45, 7) is 11.4. The van der Waals surface area contributed by atoms with Gasteiger partial charge >= 0.3 is 17.9 Å². The number of aliphatic carboxylic acids is 3. The molecule has 0 radical (unpaired) electrons. The molecule has 20 amide bonds. The van der Waals surface area contributed by atoms with Gasteiger partial charge in [-0.1, -0.05) is 71.9 Å². The summed E-state index contributed by atoms with van der Waals surface area (Å²) in [7, 11) is 0. The average molecular weight is 2120 g/mol. The number of primary amides is 3. The zero-order chi connectivity index (χ0) is 113. The Hall–Kier alpha value is -15.4. The number of imidazole rings is 1. The van der Waals surface area contributed by atoms with Crippen LogP contribution in [-0.4, -0.2) is 315 Å². The third-order valence-corrected chi connectivity index (χ3v) is 22.9. The van der Waals surface area contributed by atoms with Gasteiger partial charge in [-0.2, -0.15) is 0 Å². The third kappa shape index (κ3) is 52.8. The van der Waals surface area contributed by atoms with Gasteiger partial charge in [0.1, 0.15) is 96.7 Å². The van der Waals surface area contributed by atoms with E-state index in [4.69, 9.17) is 62.4 Å². The maximum Gasteiger partial charge on any atom is 0.326 e. The lowest BCUT2D eigenvalue weighted by molar-refractivity contribution is -0.144. The van der Waals surface area contributed by atoms with Crippen LogP contribution in [-0.2, 0) is 123 Å². The number of aromatic amines is 1. The van der Waals surface area contributed by atoms with Crippen molar-refractivity contribution in [2.75, 3.05) is 39.3 Å². The number of nitrogens with one attached hydrogen (secondary N) is 22. The van der Waals surface area contributed by atoms with Crippen molar-refractivity contribution in [2.45, 2.75) is 312 Å². The van der Waals surface area contributed by atoms with E-state index >= 15 is 0 Å². The Balaban J connectivity index is 2.49. The molecule has 838 valence electrons. The van der Waals surface area contributed by atoms with E-state index in [0.717, 1.165) is 0 Å². The minimum atomic E-state index is -2.00. The number of amides is 20. The van der Waals surface area contributed by atoms with E-state index in [-0.39, 0.29) is 121 Å². The molecule has 2 aromatic rings. The molecule has 0 aliphatic heterocycles. The Morgan fingerprint density at radius 3 is 1.09 bits per heavy atom. The molecular weight excluding hydrogens is 1970 g/mol. The number of carbonyl (C=O) groups excluding carboxylic acids is 20. The van der Waals surface area contributed by atoms with E-state index in [1.54, 1.807) is 44.2 Å². The lowest BCUT2D eigenvalue weighted by atomic mass is 10.00. The molecule has 0 spiro atoms. The zero-order valence-corrected chi connectivity index (χ0v) is 85.7. The van der Waals surface area contributed by atoms with Gasteiger partial charge in [0.25, 0.3) is 0 Å². The molecule has 2 rings (SSSR count). The summed E-state index contributed by atoms with van der Waals surface area (Å²) in [4.78, 5) is 321. The van der Waals surface area contributed by atoms with Crippen molar-refractivity contribution in [1.29, 1.82) is 10.8 Å². The summed E-state index contributed by atoms with van der Waals surface area (Å²) in [5, 5.41) is 91.1. The van der Waals surface area contributed by atoms with Gasteiger partial charge in [-0.05, 0) is 166 Å². The Morgan fingerprint density at radius 2 is 0.680 bits per heavy atom. The molecule has 0 saturated carbocycles. The second-order valence-electron chi connectivity index (χ2n) is 37.0. The lowest BCUT2D eigenvalue weighted by Crippen LogP contribution is -2.62.